The Hall–Kier alpha value is -1.78. The third-order valence-electron chi connectivity index (χ3n) is 3.48. The van der Waals surface area contributed by atoms with E-state index in [1.54, 1.807) is 12.1 Å². The number of hydrogen-bond acceptors (Lipinski definition) is 3. The number of benzene rings is 1. The maximum atomic E-state index is 11.9. The lowest BCUT2D eigenvalue weighted by Crippen LogP contribution is -2.38. The Morgan fingerprint density at radius 3 is 3.00 bits per heavy atom. The second-order valence-corrected chi connectivity index (χ2v) is 5.14. The second kappa shape index (κ2) is 5.69. The Kier molecular flexibility index (Phi) is 3.76. The fourth-order valence-electron chi connectivity index (χ4n) is 2.49. The van der Waals surface area contributed by atoms with Crippen LogP contribution >= 0.6 is 11.6 Å². The van der Waals surface area contributed by atoms with Crippen molar-refractivity contribution in [1.82, 2.24) is 10.6 Å². The molecular weight excluding hydrogens is 276 g/mol. The van der Waals surface area contributed by atoms with Crippen molar-refractivity contribution in [3.63, 3.8) is 0 Å². The van der Waals surface area contributed by atoms with Crippen molar-refractivity contribution < 1.29 is 9.21 Å². The van der Waals surface area contributed by atoms with Crippen LogP contribution in [-0.4, -0.2) is 19.0 Å². The average Bonchev–Trinajstić information content (AvgIpc) is 2.91. The molecule has 1 unspecified atom stereocenters. The predicted octanol–water partition coefficient (Wildman–Crippen LogP) is 2.55. The van der Waals surface area contributed by atoms with Gasteiger partial charge in [0.2, 0.25) is 0 Å². The van der Waals surface area contributed by atoms with Gasteiger partial charge in [-0.1, -0.05) is 24.3 Å². The molecule has 0 bridgehead atoms. The first kappa shape index (κ1) is 13.2. The Labute approximate surface area is 122 Å². The minimum absolute atomic E-state index is 0.134. The Morgan fingerprint density at radius 1 is 1.35 bits per heavy atom. The van der Waals surface area contributed by atoms with E-state index in [-0.39, 0.29) is 22.9 Å². The zero-order valence-electron chi connectivity index (χ0n) is 10.9. The molecule has 1 aromatic heterocycles. The number of fused-ring (bicyclic) bond motifs is 1. The highest BCUT2D eigenvalue weighted by Crippen LogP contribution is 2.22. The van der Waals surface area contributed by atoms with Gasteiger partial charge in [-0.3, -0.25) is 4.79 Å². The van der Waals surface area contributed by atoms with Gasteiger partial charge in [-0.05, 0) is 47.8 Å². The summed E-state index contributed by atoms with van der Waals surface area (Å²) in [4.78, 5) is 11.9. The molecule has 1 aliphatic heterocycles. The SMILES string of the molecule is O=C(NCC1NCCc2ccccc21)c1ccc(Cl)o1. The van der Waals surface area contributed by atoms with Gasteiger partial charge in [-0.2, -0.15) is 0 Å². The average molecular weight is 291 g/mol. The number of nitrogens with one attached hydrogen (secondary N) is 2. The molecule has 0 spiro atoms. The van der Waals surface area contributed by atoms with Crippen molar-refractivity contribution in [3.8, 4) is 0 Å². The smallest absolute Gasteiger partial charge is 0.287 e. The Bertz CT molecular complexity index is 624. The van der Waals surface area contributed by atoms with Crippen LogP contribution in [0.2, 0.25) is 5.22 Å². The van der Waals surface area contributed by atoms with Gasteiger partial charge in [0.15, 0.2) is 11.0 Å². The van der Waals surface area contributed by atoms with Crippen molar-refractivity contribution in [2.75, 3.05) is 13.1 Å². The fraction of sp³-hybridized carbons (Fsp3) is 0.267. The minimum Gasteiger partial charge on any atom is -0.440 e. The van der Waals surface area contributed by atoms with Gasteiger partial charge in [0, 0.05) is 12.6 Å². The summed E-state index contributed by atoms with van der Waals surface area (Å²) >= 11 is 5.66. The van der Waals surface area contributed by atoms with Gasteiger partial charge in [0.25, 0.3) is 5.91 Å². The fourth-order valence-corrected chi connectivity index (χ4v) is 2.64. The van der Waals surface area contributed by atoms with E-state index in [0.29, 0.717) is 6.54 Å². The lowest BCUT2D eigenvalue weighted by Gasteiger charge is -2.26. The summed E-state index contributed by atoms with van der Waals surface area (Å²) in [5, 5.41) is 6.50. The zero-order valence-corrected chi connectivity index (χ0v) is 11.6. The summed E-state index contributed by atoms with van der Waals surface area (Å²) in [6, 6.07) is 11.6. The van der Waals surface area contributed by atoms with Crippen molar-refractivity contribution in [2.45, 2.75) is 12.5 Å². The normalized spacial score (nSPS) is 17.6. The number of halogens is 1. The third kappa shape index (κ3) is 2.71. The zero-order chi connectivity index (χ0) is 13.9. The van der Waals surface area contributed by atoms with E-state index in [1.807, 2.05) is 12.1 Å². The largest absolute Gasteiger partial charge is 0.440 e. The molecule has 0 radical (unpaired) electrons. The highest BCUT2D eigenvalue weighted by Gasteiger charge is 2.20. The molecule has 1 aromatic carbocycles. The van der Waals surface area contributed by atoms with Crippen LogP contribution in [0.3, 0.4) is 0 Å². The topological polar surface area (TPSA) is 54.3 Å². The van der Waals surface area contributed by atoms with Crippen LogP contribution in [0.5, 0.6) is 0 Å². The molecule has 1 aliphatic rings. The van der Waals surface area contributed by atoms with Gasteiger partial charge in [-0.15, -0.1) is 0 Å². The van der Waals surface area contributed by atoms with Crippen molar-refractivity contribution in [3.05, 3.63) is 58.5 Å². The maximum absolute atomic E-state index is 11.9. The molecule has 3 rings (SSSR count). The Morgan fingerprint density at radius 2 is 2.20 bits per heavy atom. The molecule has 1 atom stereocenters. The van der Waals surface area contributed by atoms with E-state index in [4.69, 9.17) is 16.0 Å². The number of rotatable bonds is 3. The van der Waals surface area contributed by atoms with Crippen LogP contribution < -0.4 is 10.6 Å². The maximum Gasteiger partial charge on any atom is 0.287 e. The third-order valence-corrected chi connectivity index (χ3v) is 3.68. The molecule has 1 amide bonds. The van der Waals surface area contributed by atoms with Crippen molar-refractivity contribution >= 4 is 17.5 Å². The monoisotopic (exact) mass is 290 g/mol. The lowest BCUT2D eigenvalue weighted by atomic mass is 9.94. The molecule has 2 heterocycles. The van der Waals surface area contributed by atoms with Crippen LogP contribution in [0.4, 0.5) is 0 Å². The van der Waals surface area contributed by atoms with E-state index in [0.717, 1.165) is 13.0 Å². The molecule has 0 saturated carbocycles. The summed E-state index contributed by atoms with van der Waals surface area (Å²) in [7, 11) is 0. The summed E-state index contributed by atoms with van der Waals surface area (Å²) in [5.41, 5.74) is 2.59. The molecule has 2 aromatic rings. The van der Waals surface area contributed by atoms with Crippen LogP contribution in [0.1, 0.15) is 27.7 Å². The first-order chi connectivity index (χ1) is 9.74. The molecule has 0 aliphatic carbocycles. The quantitative estimate of drug-likeness (QED) is 0.913. The first-order valence-electron chi connectivity index (χ1n) is 6.59. The summed E-state index contributed by atoms with van der Waals surface area (Å²) in [6.07, 6.45) is 1.02. The van der Waals surface area contributed by atoms with E-state index in [2.05, 4.69) is 22.8 Å². The van der Waals surface area contributed by atoms with Crippen LogP contribution in [0.25, 0.3) is 0 Å². The number of hydrogen-bond donors (Lipinski definition) is 2. The molecule has 104 valence electrons. The van der Waals surface area contributed by atoms with Crippen molar-refractivity contribution in [2.24, 2.45) is 0 Å². The highest BCUT2D eigenvalue weighted by atomic mass is 35.5. The molecular formula is C15H15ClN2O2. The number of carbonyl (C=O) groups is 1. The van der Waals surface area contributed by atoms with E-state index in [1.165, 1.54) is 11.1 Å². The molecule has 4 nitrogen and oxygen atoms in total. The molecule has 5 heteroatoms. The standard InChI is InChI=1S/C15H15ClN2O2/c16-14-6-5-13(20-14)15(19)18-9-12-11-4-2-1-3-10(11)7-8-17-12/h1-6,12,17H,7-9H2,(H,18,19). The summed E-state index contributed by atoms with van der Waals surface area (Å²) in [5.74, 6) is -0.0131. The molecule has 0 saturated heterocycles. The molecule has 2 N–H and O–H groups in total. The van der Waals surface area contributed by atoms with E-state index < -0.39 is 0 Å². The van der Waals surface area contributed by atoms with Crippen LogP contribution in [-0.2, 0) is 6.42 Å². The van der Waals surface area contributed by atoms with Crippen LogP contribution in [0.15, 0.2) is 40.8 Å². The van der Waals surface area contributed by atoms with Gasteiger partial charge < -0.3 is 15.1 Å². The lowest BCUT2D eigenvalue weighted by molar-refractivity contribution is 0.0921. The van der Waals surface area contributed by atoms with Crippen LogP contribution in [0, 0.1) is 0 Å². The second-order valence-electron chi connectivity index (χ2n) is 4.77. The number of furan rings is 1. The minimum atomic E-state index is -0.248. The predicted molar refractivity (Wildman–Crippen MR) is 76.9 cm³/mol. The van der Waals surface area contributed by atoms with Crippen molar-refractivity contribution in [1.29, 1.82) is 0 Å². The summed E-state index contributed by atoms with van der Waals surface area (Å²) in [6.45, 7) is 1.44. The molecule has 20 heavy (non-hydrogen) atoms. The van der Waals surface area contributed by atoms with Gasteiger partial charge >= 0.3 is 0 Å². The molecule has 0 fully saturated rings. The van der Waals surface area contributed by atoms with Gasteiger partial charge in [0.05, 0.1) is 0 Å². The van der Waals surface area contributed by atoms with Gasteiger partial charge in [-0.25, -0.2) is 0 Å². The highest BCUT2D eigenvalue weighted by molar-refractivity contribution is 6.29. The van der Waals surface area contributed by atoms with Gasteiger partial charge in [0.1, 0.15) is 0 Å². The number of amides is 1. The van der Waals surface area contributed by atoms with E-state index >= 15 is 0 Å². The Balaban J connectivity index is 1.66. The number of carbonyl (C=O) groups excluding carboxylic acids is 1. The summed E-state index contributed by atoms with van der Waals surface area (Å²) < 4.78 is 5.09. The van der Waals surface area contributed by atoms with E-state index in [9.17, 15) is 4.79 Å². The first-order valence-corrected chi connectivity index (χ1v) is 6.96.